The lowest BCUT2D eigenvalue weighted by atomic mass is 10.2. The molecule has 0 aliphatic carbocycles. The van der Waals surface area contributed by atoms with E-state index in [0.717, 1.165) is 21.6 Å². The molecule has 1 aromatic rings. The lowest BCUT2D eigenvalue weighted by molar-refractivity contribution is 0.352. The van der Waals surface area contributed by atoms with E-state index in [0.29, 0.717) is 0 Å². The molecule has 0 fully saturated rings. The van der Waals surface area contributed by atoms with Gasteiger partial charge >= 0.3 is 0 Å². The Morgan fingerprint density at radius 3 is 2.40 bits per heavy atom. The number of rotatable bonds is 4. The molecule has 1 aromatic carbocycles. The predicted octanol–water partition coefficient (Wildman–Crippen LogP) is 2.45. The summed E-state index contributed by atoms with van der Waals surface area (Å²) in [4.78, 5) is 0. The first-order valence-corrected chi connectivity index (χ1v) is 5.35. The van der Waals surface area contributed by atoms with Crippen LogP contribution in [0.5, 0.6) is 11.5 Å². The van der Waals surface area contributed by atoms with Crippen molar-refractivity contribution in [2.24, 2.45) is 0 Å². The fourth-order valence-corrected chi connectivity index (χ4v) is 2.16. The van der Waals surface area contributed by atoms with Crippen LogP contribution in [0.2, 0.25) is 0 Å². The third-order valence-electron chi connectivity index (χ3n) is 1.87. The van der Waals surface area contributed by atoms with Gasteiger partial charge in [0.15, 0.2) is 11.5 Å². The van der Waals surface area contributed by atoms with Gasteiger partial charge in [-0.05, 0) is 47.3 Å². The highest BCUT2D eigenvalue weighted by atomic mass is 127. The first-order valence-electron chi connectivity index (χ1n) is 4.28. The summed E-state index contributed by atoms with van der Waals surface area (Å²) >= 11 is 2.24. The molecular weight excluding hydrogens is 328 g/mol. The van der Waals surface area contributed by atoms with Gasteiger partial charge in [-0.1, -0.05) is 0 Å². The van der Waals surface area contributed by atoms with Gasteiger partial charge in [-0.15, -0.1) is 12.4 Å². The van der Waals surface area contributed by atoms with Crippen LogP contribution in [0.25, 0.3) is 0 Å². The average Bonchev–Trinajstić information content (AvgIpc) is 2.17. The van der Waals surface area contributed by atoms with Gasteiger partial charge in [-0.2, -0.15) is 0 Å². The third-order valence-corrected chi connectivity index (χ3v) is 2.68. The van der Waals surface area contributed by atoms with E-state index in [4.69, 9.17) is 9.47 Å². The highest BCUT2D eigenvalue weighted by Gasteiger charge is 2.09. The summed E-state index contributed by atoms with van der Waals surface area (Å²) in [5.74, 6) is 1.58. The molecular formula is C10H15ClINO2. The molecule has 5 heteroatoms. The summed E-state index contributed by atoms with van der Waals surface area (Å²) in [6, 6.07) is 4.07. The minimum atomic E-state index is 0. The zero-order valence-electron chi connectivity index (χ0n) is 8.96. The molecule has 0 aromatic heterocycles. The van der Waals surface area contributed by atoms with Crippen molar-refractivity contribution in [3.8, 4) is 11.5 Å². The van der Waals surface area contributed by atoms with Crippen molar-refractivity contribution in [3.05, 3.63) is 21.3 Å². The molecule has 0 heterocycles. The van der Waals surface area contributed by atoms with E-state index in [-0.39, 0.29) is 12.4 Å². The Labute approximate surface area is 110 Å². The topological polar surface area (TPSA) is 30.5 Å². The number of nitrogens with one attached hydrogen (secondary N) is 1. The minimum absolute atomic E-state index is 0. The maximum Gasteiger partial charge on any atom is 0.174 e. The van der Waals surface area contributed by atoms with Crippen LogP contribution < -0.4 is 14.8 Å². The standard InChI is InChI=1S/C10H14INO2.ClH/c1-12-6-7-4-8(11)10(14-3)9(5-7)13-2;/h4-5,12H,6H2,1-3H3;1H. The van der Waals surface area contributed by atoms with Crippen LogP contribution in [0.1, 0.15) is 5.56 Å². The summed E-state index contributed by atoms with van der Waals surface area (Å²) in [5, 5.41) is 3.10. The summed E-state index contributed by atoms with van der Waals surface area (Å²) in [7, 11) is 5.22. The number of hydrogen-bond donors (Lipinski definition) is 1. The molecule has 0 amide bonds. The van der Waals surface area contributed by atoms with Crippen molar-refractivity contribution in [3.63, 3.8) is 0 Å². The molecule has 0 aliphatic rings. The summed E-state index contributed by atoms with van der Waals surface area (Å²) in [6.45, 7) is 0.830. The zero-order valence-corrected chi connectivity index (χ0v) is 11.9. The molecule has 0 atom stereocenters. The number of benzene rings is 1. The van der Waals surface area contributed by atoms with Crippen LogP contribution in [0.15, 0.2) is 12.1 Å². The predicted molar refractivity (Wildman–Crippen MR) is 72.3 cm³/mol. The number of halogens is 2. The van der Waals surface area contributed by atoms with Crippen LogP contribution in [0.3, 0.4) is 0 Å². The highest BCUT2D eigenvalue weighted by Crippen LogP contribution is 2.33. The maximum absolute atomic E-state index is 5.25. The van der Waals surface area contributed by atoms with Crippen LogP contribution in [-0.4, -0.2) is 21.3 Å². The Balaban J connectivity index is 0.00000196. The van der Waals surface area contributed by atoms with Crippen LogP contribution in [-0.2, 0) is 6.54 Å². The lowest BCUT2D eigenvalue weighted by Crippen LogP contribution is -2.06. The largest absolute Gasteiger partial charge is 0.493 e. The molecule has 0 saturated heterocycles. The third kappa shape index (κ3) is 3.70. The molecule has 3 nitrogen and oxygen atoms in total. The Hall–Kier alpha value is -0.200. The molecule has 0 unspecified atom stereocenters. The first-order chi connectivity index (χ1) is 6.72. The smallest absolute Gasteiger partial charge is 0.174 e. The Morgan fingerprint density at radius 2 is 1.93 bits per heavy atom. The highest BCUT2D eigenvalue weighted by molar-refractivity contribution is 14.1. The number of hydrogen-bond acceptors (Lipinski definition) is 3. The fraction of sp³-hybridized carbons (Fsp3) is 0.400. The van der Waals surface area contributed by atoms with Crippen molar-refractivity contribution in [1.29, 1.82) is 0 Å². The van der Waals surface area contributed by atoms with E-state index in [2.05, 4.69) is 34.0 Å². The van der Waals surface area contributed by atoms with Crippen LogP contribution in [0.4, 0.5) is 0 Å². The SMILES string of the molecule is CNCc1cc(I)c(OC)c(OC)c1.Cl. The van der Waals surface area contributed by atoms with E-state index in [1.165, 1.54) is 5.56 Å². The van der Waals surface area contributed by atoms with Crippen LogP contribution >= 0.6 is 35.0 Å². The molecule has 1 N–H and O–H groups in total. The minimum Gasteiger partial charge on any atom is -0.493 e. The molecule has 1 rings (SSSR count). The van der Waals surface area contributed by atoms with Gasteiger partial charge in [0, 0.05) is 6.54 Å². The Kier molecular flexibility index (Phi) is 7.04. The van der Waals surface area contributed by atoms with E-state index in [9.17, 15) is 0 Å². The molecule has 0 aliphatic heterocycles. The molecule has 0 saturated carbocycles. The summed E-state index contributed by atoms with van der Waals surface area (Å²) in [6.07, 6.45) is 0. The van der Waals surface area contributed by atoms with Gasteiger partial charge in [-0.3, -0.25) is 0 Å². The van der Waals surface area contributed by atoms with E-state index >= 15 is 0 Å². The normalized spacial score (nSPS) is 9.33. The molecule has 0 spiro atoms. The molecule has 0 bridgehead atoms. The van der Waals surface area contributed by atoms with Crippen molar-refractivity contribution in [1.82, 2.24) is 5.32 Å². The molecule has 15 heavy (non-hydrogen) atoms. The fourth-order valence-electron chi connectivity index (χ4n) is 1.28. The second-order valence-corrected chi connectivity index (χ2v) is 4.01. The van der Waals surface area contributed by atoms with Crippen molar-refractivity contribution in [2.75, 3.05) is 21.3 Å². The zero-order chi connectivity index (χ0) is 10.6. The first kappa shape index (κ1) is 14.8. The lowest BCUT2D eigenvalue weighted by Gasteiger charge is -2.11. The average molecular weight is 344 g/mol. The van der Waals surface area contributed by atoms with E-state index in [1.54, 1.807) is 14.2 Å². The molecule has 86 valence electrons. The molecule has 0 radical (unpaired) electrons. The summed E-state index contributed by atoms with van der Waals surface area (Å²) in [5.41, 5.74) is 1.19. The van der Waals surface area contributed by atoms with Gasteiger partial charge in [0.25, 0.3) is 0 Å². The van der Waals surface area contributed by atoms with Gasteiger partial charge < -0.3 is 14.8 Å². The van der Waals surface area contributed by atoms with Crippen molar-refractivity contribution >= 4 is 35.0 Å². The summed E-state index contributed by atoms with van der Waals surface area (Å²) < 4.78 is 11.6. The number of methoxy groups -OCH3 is 2. The second kappa shape index (κ2) is 7.14. The van der Waals surface area contributed by atoms with E-state index < -0.39 is 0 Å². The Morgan fingerprint density at radius 1 is 1.27 bits per heavy atom. The maximum atomic E-state index is 5.25. The second-order valence-electron chi connectivity index (χ2n) is 2.84. The van der Waals surface area contributed by atoms with Crippen molar-refractivity contribution < 1.29 is 9.47 Å². The quantitative estimate of drug-likeness (QED) is 0.852. The van der Waals surface area contributed by atoms with Gasteiger partial charge in [0.05, 0.1) is 17.8 Å². The Bertz CT molecular complexity index is 321. The monoisotopic (exact) mass is 343 g/mol. The van der Waals surface area contributed by atoms with Crippen molar-refractivity contribution in [2.45, 2.75) is 6.54 Å². The number of ether oxygens (including phenoxy) is 2. The van der Waals surface area contributed by atoms with Gasteiger partial charge in [0.1, 0.15) is 0 Å². The van der Waals surface area contributed by atoms with Gasteiger partial charge in [0.2, 0.25) is 0 Å². The van der Waals surface area contributed by atoms with E-state index in [1.807, 2.05) is 13.1 Å². The van der Waals surface area contributed by atoms with Crippen LogP contribution in [0, 0.1) is 3.57 Å². The van der Waals surface area contributed by atoms with Gasteiger partial charge in [-0.25, -0.2) is 0 Å².